The van der Waals surface area contributed by atoms with Gasteiger partial charge in [0, 0.05) is 12.6 Å². The Hall–Kier alpha value is -1.35. The predicted octanol–water partition coefficient (Wildman–Crippen LogP) is 2.94. The molecule has 2 aromatic rings. The maximum absolute atomic E-state index is 4.43. The molecule has 0 amide bonds. The molecule has 3 heteroatoms. The number of aromatic amines is 1. The highest BCUT2D eigenvalue weighted by Gasteiger charge is 2.23. The highest BCUT2D eigenvalue weighted by atomic mass is 15.2. The van der Waals surface area contributed by atoms with Gasteiger partial charge in [-0.1, -0.05) is 19.1 Å². The zero-order valence-corrected chi connectivity index (χ0v) is 10.3. The molecule has 3 nitrogen and oxygen atoms in total. The van der Waals surface area contributed by atoms with Crippen LogP contribution in [0.1, 0.15) is 31.7 Å². The molecular formula is C14H19N3. The lowest BCUT2D eigenvalue weighted by atomic mass is 10.1. The van der Waals surface area contributed by atoms with Crippen molar-refractivity contribution in [2.45, 2.75) is 38.8 Å². The minimum atomic E-state index is 0.768. The summed E-state index contributed by atoms with van der Waals surface area (Å²) in [5, 5.41) is 0. The quantitative estimate of drug-likeness (QED) is 0.877. The van der Waals surface area contributed by atoms with Gasteiger partial charge in [0.25, 0.3) is 0 Å². The first-order valence-corrected chi connectivity index (χ1v) is 6.53. The number of para-hydroxylation sites is 1. The van der Waals surface area contributed by atoms with Crippen molar-refractivity contribution in [3.05, 3.63) is 30.1 Å². The van der Waals surface area contributed by atoms with E-state index in [2.05, 4.69) is 40.0 Å². The van der Waals surface area contributed by atoms with Gasteiger partial charge in [0.05, 0.1) is 17.4 Å². The van der Waals surface area contributed by atoms with Crippen LogP contribution in [0.5, 0.6) is 0 Å². The van der Waals surface area contributed by atoms with Gasteiger partial charge in [-0.25, -0.2) is 4.98 Å². The zero-order chi connectivity index (χ0) is 11.7. The van der Waals surface area contributed by atoms with E-state index in [0.29, 0.717) is 0 Å². The number of hydrogen-bond donors (Lipinski definition) is 1. The summed E-state index contributed by atoms with van der Waals surface area (Å²) in [6.45, 7) is 4.57. The number of fused-ring (bicyclic) bond motifs is 1. The average molecular weight is 229 g/mol. The lowest BCUT2D eigenvalue weighted by molar-refractivity contribution is 0.241. The van der Waals surface area contributed by atoms with Crippen molar-refractivity contribution < 1.29 is 0 Å². The van der Waals surface area contributed by atoms with Gasteiger partial charge in [-0.3, -0.25) is 4.90 Å². The van der Waals surface area contributed by atoms with E-state index < -0.39 is 0 Å². The van der Waals surface area contributed by atoms with Crippen molar-refractivity contribution in [2.75, 3.05) is 6.54 Å². The predicted molar refractivity (Wildman–Crippen MR) is 69.8 cm³/mol. The monoisotopic (exact) mass is 229 g/mol. The maximum atomic E-state index is 4.43. The number of nitrogens with zero attached hydrogens (tertiary/aromatic N) is 2. The molecule has 0 radical (unpaired) electrons. The largest absolute Gasteiger partial charge is 0.345 e. The van der Waals surface area contributed by atoms with E-state index in [4.69, 9.17) is 0 Å². The Morgan fingerprint density at radius 2 is 2.41 bits per heavy atom. The van der Waals surface area contributed by atoms with E-state index in [1.165, 1.54) is 31.4 Å². The molecule has 90 valence electrons. The Balaban J connectivity index is 1.87. The highest BCUT2D eigenvalue weighted by Crippen LogP contribution is 2.24. The minimum Gasteiger partial charge on any atom is -0.345 e. The molecule has 1 aromatic carbocycles. The third kappa shape index (κ3) is 1.95. The van der Waals surface area contributed by atoms with Gasteiger partial charge >= 0.3 is 0 Å². The molecule has 1 atom stereocenters. The number of benzene rings is 1. The van der Waals surface area contributed by atoms with Crippen LogP contribution in [0.4, 0.5) is 0 Å². The van der Waals surface area contributed by atoms with Gasteiger partial charge in [0.15, 0.2) is 0 Å². The summed E-state index contributed by atoms with van der Waals surface area (Å²) in [4.78, 5) is 10.2. The molecular weight excluding hydrogens is 210 g/mol. The molecule has 1 aliphatic heterocycles. The zero-order valence-electron chi connectivity index (χ0n) is 10.3. The molecule has 1 fully saturated rings. The van der Waals surface area contributed by atoms with E-state index in [-0.39, 0.29) is 0 Å². The van der Waals surface area contributed by atoms with Gasteiger partial charge in [0.1, 0.15) is 0 Å². The van der Waals surface area contributed by atoms with Crippen molar-refractivity contribution in [2.24, 2.45) is 0 Å². The number of hydrogen-bond acceptors (Lipinski definition) is 2. The first kappa shape index (κ1) is 10.8. The number of rotatable bonds is 3. The summed E-state index contributed by atoms with van der Waals surface area (Å²) in [5.74, 6) is 0. The van der Waals surface area contributed by atoms with Gasteiger partial charge < -0.3 is 4.98 Å². The van der Waals surface area contributed by atoms with Gasteiger partial charge in [-0.2, -0.15) is 0 Å². The molecule has 2 heterocycles. The molecule has 17 heavy (non-hydrogen) atoms. The second-order valence-corrected chi connectivity index (χ2v) is 4.89. The summed E-state index contributed by atoms with van der Waals surface area (Å²) in [7, 11) is 0. The Labute approximate surface area is 102 Å². The number of likely N-dealkylation sites (tertiary alicyclic amines) is 1. The van der Waals surface area contributed by atoms with Crippen LogP contribution in [0.25, 0.3) is 11.0 Å². The van der Waals surface area contributed by atoms with E-state index in [0.717, 1.165) is 23.6 Å². The Morgan fingerprint density at radius 1 is 1.47 bits per heavy atom. The fraction of sp³-hybridized carbons (Fsp3) is 0.500. The standard InChI is InChI=1S/C14H19N3/c1-2-12-6-4-8-17(12)9-11-5-3-7-13-14(11)16-10-15-13/h3,5,7,10,12H,2,4,6,8-9H2,1H3,(H,15,16)/t12-/m1/s1. The number of nitrogens with one attached hydrogen (secondary N) is 1. The number of aromatic nitrogens is 2. The first-order chi connectivity index (χ1) is 8.38. The van der Waals surface area contributed by atoms with Crippen LogP contribution in [-0.4, -0.2) is 27.5 Å². The SMILES string of the molecule is CC[C@@H]1CCCN1Cc1cccc2[nH]cnc12. The minimum absolute atomic E-state index is 0.768. The maximum Gasteiger partial charge on any atom is 0.0932 e. The van der Waals surface area contributed by atoms with Crippen molar-refractivity contribution in [3.63, 3.8) is 0 Å². The van der Waals surface area contributed by atoms with Crippen LogP contribution < -0.4 is 0 Å². The highest BCUT2D eigenvalue weighted by molar-refractivity contribution is 5.78. The molecule has 1 saturated heterocycles. The Kier molecular flexibility index (Phi) is 2.85. The summed E-state index contributed by atoms with van der Waals surface area (Å²) < 4.78 is 0. The van der Waals surface area contributed by atoms with Crippen LogP contribution in [0.3, 0.4) is 0 Å². The van der Waals surface area contributed by atoms with Crippen molar-refractivity contribution in [1.82, 2.24) is 14.9 Å². The third-order valence-electron chi connectivity index (χ3n) is 3.88. The van der Waals surface area contributed by atoms with Crippen LogP contribution >= 0.6 is 0 Å². The van der Waals surface area contributed by atoms with Gasteiger partial charge in [0.2, 0.25) is 0 Å². The molecule has 0 bridgehead atoms. The topological polar surface area (TPSA) is 31.9 Å². The summed E-state index contributed by atoms with van der Waals surface area (Å²) >= 11 is 0. The number of imidazole rings is 1. The van der Waals surface area contributed by atoms with Gasteiger partial charge in [-0.05, 0) is 37.4 Å². The summed E-state index contributed by atoms with van der Waals surface area (Å²) in [5.41, 5.74) is 3.63. The first-order valence-electron chi connectivity index (χ1n) is 6.53. The third-order valence-corrected chi connectivity index (χ3v) is 3.88. The van der Waals surface area contributed by atoms with E-state index in [1.807, 2.05) is 0 Å². The Bertz CT molecular complexity index is 503. The van der Waals surface area contributed by atoms with Gasteiger partial charge in [-0.15, -0.1) is 0 Å². The second kappa shape index (κ2) is 4.49. The van der Waals surface area contributed by atoms with E-state index in [1.54, 1.807) is 6.33 Å². The smallest absolute Gasteiger partial charge is 0.0932 e. The van der Waals surface area contributed by atoms with Crippen LogP contribution in [0.15, 0.2) is 24.5 Å². The lowest BCUT2D eigenvalue weighted by Crippen LogP contribution is -2.28. The molecule has 0 spiro atoms. The van der Waals surface area contributed by atoms with Crippen LogP contribution in [0.2, 0.25) is 0 Å². The van der Waals surface area contributed by atoms with E-state index in [9.17, 15) is 0 Å². The number of H-pyrrole nitrogens is 1. The second-order valence-electron chi connectivity index (χ2n) is 4.89. The summed E-state index contributed by atoms with van der Waals surface area (Å²) in [6.07, 6.45) is 5.74. The van der Waals surface area contributed by atoms with Crippen LogP contribution in [0, 0.1) is 0 Å². The fourth-order valence-electron chi connectivity index (χ4n) is 2.94. The molecule has 1 aromatic heterocycles. The van der Waals surface area contributed by atoms with E-state index >= 15 is 0 Å². The lowest BCUT2D eigenvalue weighted by Gasteiger charge is -2.23. The van der Waals surface area contributed by atoms with Crippen molar-refractivity contribution in [3.8, 4) is 0 Å². The Morgan fingerprint density at radius 3 is 3.29 bits per heavy atom. The molecule has 1 aliphatic rings. The molecule has 3 rings (SSSR count). The molecule has 0 saturated carbocycles. The average Bonchev–Trinajstić information content (AvgIpc) is 2.97. The summed E-state index contributed by atoms with van der Waals surface area (Å²) in [6, 6.07) is 7.18. The molecule has 0 unspecified atom stereocenters. The molecule has 1 N–H and O–H groups in total. The van der Waals surface area contributed by atoms with Crippen LogP contribution in [-0.2, 0) is 6.54 Å². The normalized spacial score (nSPS) is 21.4. The van der Waals surface area contributed by atoms with Crippen molar-refractivity contribution >= 4 is 11.0 Å². The van der Waals surface area contributed by atoms with Crippen molar-refractivity contribution in [1.29, 1.82) is 0 Å². The fourth-order valence-corrected chi connectivity index (χ4v) is 2.94. The molecule has 0 aliphatic carbocycles.